The molecule has 98 valence electrons. The van der Waals surface area contributed by atoms with Gasteiger partial charge in [0.05, 0.1) is 5.69 Å². The van der Waals surface area contributed by atoms with Crippen LogP contribution in [-0.4, -0.2) is 5.11 Å². The molecule has 2 aromatic rings. The number of anilines is 1. The smallest absolute Gasteiger partial charge is 0.168 e. The summed E-state index contributed by atoms with van der Waals surface area (Å²) in [5, 5.41) is 4.02. The third kappa shape index (κ3) is 4.42. The van der Waals surface area contributed by atoms with Crippen LogP contribution in [0.25, 0.3) is 0 Å². The van der Waals surface area contributed by atoms with E-state index in [1.165, 1.54) is 5.56 Å². The van der Waals surface area contributed by atoms with Gasteiger partial charge in [0.25, 0.3) is 0 Å². The quantitative estimate of drug-likeness (QED) is 0.653. The van der Waals surface area contributed by atoms with Crippen LogP contribution >= 0.6 is 35.6 Å². The summed E-state index contributed by atoms with van der Waals surface area (Å²) >= 11 is 12.5. The minimum atomic E-state index is 0.277. The lowest BCUT2D eigenvalue weighted by Gasteiger charge is -2.10. The van der Waals surface area contributed by atoms with Crippen LogP contribution in [0.3, 0.4) is 0 Å². The standard InChI is InChI=1S/C14H13ClN2S2/c15-11-7-5-10(6-8-11)9-19-13-4-2-1-3-12(13)17-14(16)18/h1-8H,9H2,(H3,16,17,18). The molecule has 0 heterocycles. The van der Waals surface area contributed by atoms with E-state index in [9.17, 15) is 0 Å². The summed E-state index contributed by atoms with van der Waals surface area (Å²) in [6.45, 7) is 0. The van der Waals surface area contributed by atoms with Crippen molar-refractivity contribution in [3.05, 3.63) is 59.1 Å². The van der Waals surface area contributed by atoms with Crippen LogP contribution in [0, 0.1) is 0 Å². The maximum atomic E-state index is 5.87. The number of rotatable bonds is 4. The molecule has 0 atom stereocenters. The Balaban J connectivity index is 2.06. The molecule has 0 unspecified atom stereocenters. The van der Waals surface area contributed by atoms with Crippen molar-refractivity contribution in [3.63, 3.8) is 0 Å². The van der Waals surface area contributed by atoms with Gasteiger partial charge >= 0.3 is 0 Å². The minimum absolute atomic E-state index is 0.277. The molecule has 5 heteroatoms. The lowest BCUT2D eigenvalue weighted by Crippen LogP contribution is -2.19. The Morgan fingerprint density at radius 2 is 1.84 bits per heavy atom. The molecule has 19 heavy (non-hydrogen) atoms. The Labute approximate surface area is 127 Å². The summed E-state index contributed by atoms with van der Waals surface area (Å²) in [6.07, 6.45) is 0. The van der Waals surface area contributed by atoms with Gasteiger partial charge in [0.1, 0.15) is 0 Å². The molecular weight excluding hydrogens is 296 g/mol. The maximum absolute atomic E-state index is 5.87. The average Bonchev–Trinajstić information content (AvgIpc) is 2.39. The first-order valence-corrected chi connectivity index (χ1v) is 7.45. The van der Waals surface area contributed by atoms with Crippen molar-refractivity contribution in [1.29, 1.82) is 0 Å². The van der Waals surface area contributed by atoms with Gasteiger partial charge in [-0.1, -0.05) is 35.9 Å². The number of para-hydroxylation sites is 1. The van der Waals surface area contributed by atoms with E-state index in [-0.39, 0.29) is 5.11 Å². The molecule has 3 N–H and O–H groups in total. The maximum Gasteiger partial charge on any atom is 0.168 e. The Hall–Kier alpha value is -1.23. The topological polar surface area (TPSA) is 38.0 Å². The fraction of sp³-hybridized carbons (Fsp3) is 0.0714. The molecule has 0 aliphatic heterocycles. The summed E-state index contributed by atoms with van der Waals surface area (Å²) < 4.78 is 0. The molecule has 2 aromatic carbocycles. The van der Waals surface area contributed by atoms with Crippen LogP contribution in [0.5, 0.6) is 0 Å². The fourth-order valence-corrected chi connectivity index (χ4v) is 2.77. The zero-order valence-corrected chi connectivity index (χ0v) is 12.5. The van der Waals surface area contributed by atoms with E-state index in [0.717, 1.165) is 21.4 Å². The largest absolute Gasteiger partial charge is 0.376 e. The van der Waals surface area contributed by atoms with Gasteiger partial charge in [-0.2, -0.15) is 0 Å². The second-order valence-corrected chi connectivity index (χ2v) is 5.79. The molecule has 2 nitrogen and oxygen atoms in total. The van der Waals surface area contributed by atoms with Crippen LogP contribution in [0.1, 0.15) is 5.56 Å². The van der Waals surface area contributed by atoms with Crippen molar-refractivity contribution >= 4 is 46.4 Å². The molecule has 0 fully saturated rings. The van der Waals surface area contributed by atoms with Gasteiger partial charge in [-0.05, 0) is 42.0 Å². The highest BCUT2D eigenvalue weighted by molar-refractivity contribution is 7.98. The number of thiocarbonyl (C=S) groups is 1. The van der Waals surface area contributed by atoms with E-state index in [4.69, 9.17) is 29.6 Å². The van der Waals surface area contributed by atoms with Crippen LogP contribution in [0.2, 0.25) is 5.02 Å². The highest BCUT2D eigenvalue weighted by atomic mass is 35.5. The average molecular weight is 309 g/mol. The van der Waals surface area contributed by atoms with Gasteiger partial charge in [-0.3, -0.25) is 0 Å². The fourth-order valence-electron chi connectivity index (χ4n) is 1.57. The number of thioether (sulfide) groups is 1. The number of benzene rings is 2. The van der Waals surface area contributed by atoms with Crippen LogP contribution < -0.4 is 11.1 Å². The lowest BCUT2D eigenvalue weighted by atomic mass is 10.2. The van der Waals surface area contributed by atoms with Crippen LogP contribution in [-0.2, 0) is 5.75 Å². The van der Waals surface area contributed by atoms with E-state index in [2.05, 4.69) is 5.32 Å². The predicted molar refractivity (Wildman–Crippen MR) is 87.9 cm³/mol. The summed E-state index contributed by atoms with van der Waals surface area (Å²) in [6, 6.07) is 15.8. The molecule has 0 saturated heterocycles. The van der Waals surface area contributed by atoms with E-state index in [1.54, 1.807) is 11.8 Å². The molecule has 0 aliphatic rings. The van der Waals surface area contributed by atoms with Gasteiger partial charge in [0.15, 0.2) is 5.11 Å². The SMILES string of the molecule is NC(=S)Nc1ccccc1SCc1ccc(Cl)cc1. The normalized spacial score (nSPS) is 10.2. The Bertz CT molecular complexity index is 570. The summed E-state index contributed by atoms with van der Waals surface area (Å²) in [7, 11) is 0. The third-order valence-electron chi connectivity index (χ3n) is 2.45. The molecule has 0 aromatic heterocycles. The van der Waals surface area contributed by atoms with E-state index in [0.29, 0.717) is 0 Å². The van der Waals surface area contributed by atoms with Gasteiger partial charge in [0, 0.05) is 15.7 Å². The predicted octanol–water partition coefficient (Wildman–Crippen LogP) is 4.29. The van der Waals surface area contributed by atoms with Crippen molar-refractivity contribution < 1.29 is 0 Å². The van der Waals surface area contributed by atoms with Crippen molar-refractivity contribution in [2.24, 2.45) is 5.73 Å². The van der Waals surface area contributed by atoms with E-state index >= 15 is 0 Å². The molecule has 0 aliphatic carbocycles. The molecular formula is C14H13ClN2S2. The summed E-state index contributed by atoms with van der Waals surface area (Å²) in [4.78, 5) is 1.12. The summed E-state index contributed by atoms with van der Waals surface area (Å²) in [5.41, 5.74) is 7.67. The molecule has 2 rings (SSSR count). The van der Waals surface area contributed by atoms with Crippen LogP contribution in [0.15, 0.2) is 53.4 Å². The first-order valence-electron chi connectivity index (χ1n) is 5.68. The molecule has 0 amide bonds. The molecule has 0 spiro atoms. The van der Waals surface area contributed by atoms with Gasteiger partial charge in [-0.15, -0.1) is 11.8 Å². The third-order valence-corrected chi connectivity index (χ3v) is 3.95. The van der Waals surface area contributed by atoms with Crippen LogP contribution in [0.4, 0.5) is 5.69 Å². The number of halogens is 1. The van der Waals surface area contributed by atoms with Gasteiger partial charge in [0.2, 0.25) is 0 Å². The zero-order chi connectivity index (χ0) is 13.7. The second kappa shape index (κ2) is 6.80. The van der Waals surface area contributed by atoms with E-state index in [1.807, 2.05) is 48.5 Å². The molecule has 0 bridgehead atoms. The number of nitrogens with two attached hydrogens (primary N) is 1. The lowest BCUT2D eigenvalue weighted by molar-refractivity contribution is 1.38. The van der Waals surface area contributed by atoms with Crippen molar-refractivity contribution in [2.75, 3.05) is 5.32 Å². The monoisotopic (exact) mass is 308 g/mol. The van der Waals surface area contributed by atoms with Gasteiger partial charge in [-0.25, -0.2) is 0 Å². The Kier molecular flexibility index (Phi) is 5.07. The number of nitrogens with one attached hydrogen (secondary N) is 1. The Morgan fingerprint density at radius 3 is 2.53 bits per heavy atom. The molecule has 0 saturated carbocycles. The van der Waals surface area contributed by atoms with Gasteiger partial charge < -0.3 is 11.1 Å². The summed E-state index contributed by atoms with van der Waals surface area (Å²) in [5.74, 6) is 0.868. The number of hydrogen-bond acceptors (Lipinski definition) is 2. The number of hydrogen-bond donors (Lipinski definition) is 2. The van der Waals surface area contributed by atoms with Crippen molar-refractivity contribution in [1.82, 2.24) is 0 Å². The van der Waals surface area contributed by atoms with E-state index < -0.39 is 0 Å². The minimum Gasteiger partial charge on any atom is -0.376 e. The zero-order valence-electron chi connectivity index (χ0n) is 10.1. The first kappa shape index (κ1) is 14.2. The first-order chi connectivity index (χ1) is 9.15. The second-order valence-electron chi connectivity index (χ2n) is 3.90. The molecule has 0 radical (unpaired) electrons. The van der Waals surface area contributed by atoms with Crippen molar-refractivity contribution in [2.45, 2.75) is 10.6 Å². The highest BCUT2D eigenvalue weighted by Gasteiger charge is 2.03. The Morgan fingerprint density at radius 1 is 1.16 bits per heavy atom. The highest BCUT2D eigenvalue weighted by Crippen LogP contribution is 2.29. The van der Waals surface area contributed by atoms with Crippen molar-refractivity contribution in [3.8, 4) is 0 Å².